The Balaban J connectivity index is 2.05. The van der Waals surface area contributed by atoms with E-state index in [1.165, 1.54) is 23.1 Å². The molecule has 27 heavy (non-hydrogen) atoms. The van der Waals surface area contributed by atoms with Gasteiger partial charge in [0.05, 0.1) is 17.0 Å². The van der Waals surface area contributed by atoms with Crippen molar-refractivity contribution in [2.45, 2.75) is 49.5 Å². The third kappa shape index (κ3) is 3.90. The molecule has 3 aromatic rings. The third-order valence-corrected chi connectivity index (χ3v) is 6.48. The number of carbonyl (C=O) groups is 1. The molecular weight excluding hydrogens is 408 g/mol. The highest BCUT2D eigenvalue weighted by molar-refractivity contribution is 8.00. The number of carboxylic acids is 1. The van der Waals surface area contributed by atoms with Crippen LogP contribution in [0.3, 0.4) is 0 Å². The van der Waals surface area contributed by atoms with Crippen LogP contribution in [0.15, 0.2) is 9.50 Å². The number of ether oxygens (including phenoxy) is 1. The maximum absolute atomic E-state index is 11.4. The number of fused-ring (bicyclic) bond motifs is 1. The molecule has 144 valence electrons. The van der Waals surface area contributed by atoms with Gasteiger partial charge in [-0.25, -0.2) is 14.8 Å². The quantitative estimate of drug-likeness (QED) is 0.512. The van der Waals surface area contributed by atoms with Gasteiger partial charge in [0.15, 0.2) is 15.2 Å². The predicted molar refractivity (Wildman–Crippen MR) is 107 cm³/mol. The van der Waals surface area contributed by atoms with E-state index < -0.39 is 5.97 Å². The molecule has 0 unspecified atom stereocenters. The van der Waals surface area contributed by atoms with Crippen molar-refractivity contribution in [1.82, 2.24) is 19.9 Å². The van der Waals surface area contributed by atoms with Gasteiger partial charge in [-0.15, -0.1) is 11.3 Å². The summed E-state index contributed by atoms with van der Waals surface area (Å²) in [6, 6.07) is 0. The number of aromatic nitrogens is 4. The van der Waals surface area contributed by atoms with Crippen LogP contribution < -0.4 is 4.74 Å². The van der Waals surface area contributed by atoms with Crippen molar-refractivity contribution < 1.29 is 14.6 Å². The molecule has 7 nitrogen and oxygen atoms in total. The summed E-state index contributed by atoms with van der Waals surface area (Å²) in [5.74, 6) is -0.554. The van der Waals surface area contributed by atoms with Crippen LogP contribution in [0, 0.1) is 0 Å². The molecule has 0 spiro atoms. The number of H-pyrrole nitrogens is 1. The van der Waals surface area contributed by atoms with E-state index >= 15 is 0 Å². The zero-order valence-electron chi connectivity index (χ0n) is 15.3. The van der Waals surface area contributed by atoms with E-state index in [0.717, 1.165) is 17.0 Å². The summed E-state index contributed by atoms with van der Waals surface area (Å²) >= 11 is 8.99. The molecule has 0 fully saturated rings. The Bertz CT molecular complexity index is 1000. The van der Waals surface area contributed by atoms with Gasteiger partial charge in [0, 0.05) is 10.6 Å². The Hall–Kier alpha value is -1.84. The highest BCUT2D eigenvalue weighted by Crippen LogP contribution is 2.38. The normalized spacial score (nSPS) is 11.5. The first kappa shape index (κ1) is 19.9. The number of aryl methyl sites for hydroxylation is 1. The third-order valence-electron chi connectivity index (χ3n) is 3.78. The van der Waals surface area contributed by atoms with Gasteiger partial charge in [-0.1, -0.05) is 32.4 Å². The molecule has 0 aliphatic carbocycles. The number of aromatic amines is 1. The number of carboxylic acid groups (broad SMARTS) is 1. The van der Waals surface area contributed by atoms with Crippen molar-refractivity contribution in [2.24, 2.45) is 0 Å². The van der Waals surface area contributed by atoms with Gasteiger partial charge in [0.25, 0.3) is 0 Å². The number of hydrogen-bond donors (Lipinski definition) is 2. The molecule has 0 bridgehead atoms. The van der Waals surface area contributed by atoms with E-state index in [9.17, 15) is 9.90 Å². The summed E-state index contributed by atoms with van der Waals surface area (Å²) in [6.07, 6.45) is 0.732. The Kier molecular flexibility index (Phi) is 5.92. The first-order valence-electron chi connectivity index (χ1n) is 8.48. The molecule has 2 N–H and O–H groups in total. The summed E-state index contributed by atoms with van der Waals surface area (Å²) in [5, 5.41) is 11.0. The molecule has 3 aromatic heterocycles. The molecule has 3 heterocycles. The van der Waals surface area contributed by atoms with Crippen molar-refractivity contribution in [2.75, 3.05) is 6.61 Å². The van der Waals surface area contributed by atoms with E-state index in [2.05, 4.69) is 19.9 Å². The topological polar surface area (TPSA) is 101 Å². The molecule has 0 atom stereocenters. The summed E-state index contributed by atoms with van der Waals surface area (Å²) in [7, 11) is 0. The number of nitrogens with zero attached hydrogens (tertiary/aromatic N) is 3. The molecule has 3 rings (SSSR count). The van der Waals surface area contributed by atoms with Gasteiger partial charge >= 0.3 is 5.97 Å². The maximum Gasteiger partial charge on any atom is 0.355 e. The minimum atomic E-state index is -1.03. The van der Waals surface area contributed by atoms with E-state index in [1.54, 1.807) is 0 Å². The van der Waals surface area contributed by atoms with E-state index in [4.69, 9.17) is 16.3 Å². The second-order valence-electron chi connectivity index (χ2n) is 5.99. The molecule has 0 aliphatic heterocycles. The maximum atomic E-state index is 11.4. The lowest BCUT2D eigenvalue weighted by Gasteiger charge is -2.05. The molecule has 0 radical (unpaired) electrons. The van der Waals surface area contributed by atoms with Crippen molar-refractivity contribution in [3.05, 3.63) is 21.3 Å². The van der Waals surface area contributed by atoms with Gasteiger partial charge in [-0.05, 0) is 31.0 Å². The van der Waals surface area contributed by atoms with E-state index in [1.807, 2.05) is 27.7 Å². The molecule has 0 saturated heterocycles. The first-order chi connectivity index (χ1) is 12.8. The van der Waals surface area contributed by atoms with Crippen LogP contribution in [-0.4, -0.2) is 37.6 Å². The summed E-state index contributed by atoms with van der Waals surface area (Å²) in [4.78, 5) is 28.6. The monoisotopic (exact) mass is 426 g/mol. The number of hydrogen-bond acceptors (Lipinski definition) is 7. The van der Waals surface area contributed by atoms with E-state index in [-0.39, 0.29) is 11.6 Å². The Morgan fingerprint density at radius 2 is 2.07 bits per heavy atom. The van der Waals surface area contributed by atoms with Crippen LogP contribution in [0.5, 0.6) is 5.88 Å². The van der Waals surface area contributed by atoms with Gasteiger partial charge in [-0.3, -0.25) is 0 Å². The zero-order valence-corrected chi connectivity index (χ0v) is 17.7. The molecular formula is C17H19ClN4O3S2. The van der Waals surface area contributed by atoms with Gasteiger partial charge in [0.2, 0.25) is 5.88 Å². The summed E-state index contributed by atoms with van der Waals surface area (Å²) in [6.45, 7) is 8.19. The van der Waals surface area contributed by atoms with Crippen molar-refractivity contribution in [3.8, 4) is 5.88 Å². The summed E-state index contributed by atoms with van der Waals surface area (Å²) in [5.41, 5.74) is 1.55. The van der Waals surface area contributed by atoms with Crippen LogP contribution in [0.2, 0.25) is 5.02 Å². The number of aromatic carboxylic acids is 1. The fourth-order valence-electron chi connectivity index (χ4n) is 2.57. The zero-order chi connectivity index (χ0) is 19.7. The van der Waals surface area contributed by atoms with Crippen molar-refractivity contribution in [1.29, 1.82) is 0 Å². The number of rotatable bonds is 7. The molecule has 10 heteroatoms. The molecule has 0 aliphatic rings. The Morgan fingerprint density at radius 1 is 1.33 bits per heavy atom. The number of halogens is 1. The standard InChI is InChI=1S/C17H19ClN4O3S2/c1-5-8-10(18)9-13(19-8)21-16(22-14(9)25-6-2)27-17-20-11(15(23)24)12(26-17)7(3)4/h7H,5-6H2,1-4H3,(H,23,24)(H,19,21,22). The summed E-state index contributed by atoms with van der Waals surface area (Å²) < 4.78 is 6.24. The van der Waals surface area contributed by atoms with Crippen LogP contribution in [0.1, 0.15) is 54.7 Å². The average Bonchev–Trinajstić information content (AvgIpc) is 3.17. The van der Waals surface area contributed by atoms with Crippen molar-refractivity contribution in [3.63, 3.8) is 0 Å². The van der Waals surface area contributed by atoms with Gasteiger partial charge < -0.3 is 14.8 Å². The second kappa shape index (κ2) is 8.04. The Morgan fingerprint density at radius 3 is 2.63 bits per heavy atom. The lowest BCUT2D eigenvalue weighted by molar-refractivity contribution is 0.0689. The second-order valence-corrected chi connectivity index (χ2v) is 8.62. The fraction of sp³-hybridized carbons (Fsp3) is 0.412. The number of nitrogens with one attached hydrogen (secondary N) is 1. The fourth-order valence-corrected chi connectivity index (χ4v) is 4.93. The minimum Gasteiger partial charge on any atom is -0.477 e. The largest absolute Gasteiger partial charge is 0.477 e. The SMILES string of the molecule is CCOc1nc(Sc2nc(C(=O)O)c(C(C)C)s2)nc2[nH]c(CC)c(Cl)c12. The van der Waals surface area contributed by atoms with Gasteiger partial charge in [-0.2, -0.15) is 4.98 Å². The number of thiazole rings is 1. The molecule has 0 aromatic carbocycles. The van der Waals surface area contributed by atoms with Crippen molar-refractivity contribution >= 4 is 51.7 Å². The molecule has 0 saturated carbocycles. The highest BCUT2D eigenvalue weighted by Gasteiger charge is 2.22. The first-order valence-corrected chi connectivity index (χ1v) is 10.5. The van der Waals surface area contributed by atoms with Crippen LogP contribution in [0.25, 0.3) is 11.0 Å². The van der Waals surface area contributed by atoms with Crippen LogP contribution in [0.4, 0.5) is 0 Å². The predicted octanol–water partition coefficient (Wildman–Crippen LogP) is 5.00. The minimum absolute atomic E-state index is 0.0691. The van der Waals surface area contributed by atoms with Crippen LogP contribution >= 0.6 is 34.7 Å². The lowest BCUT2D eigenvalue weighted by atomic mass is 10.1. The van der Waals surface area contributed by atoms with Gasteiger partial charge in [0.1, 0.15) is 5.65 Å². The lowest BCUT2D eigenvalue weighted by Crippen LogP contribution is -2.01. The molecule has 0 amide bonds. The van der Waals surface area contributed by atoms with E-state index in [0.29, 0.717) is 38.0 Å². The highest BCUT2D eigenvalue weighted by atomic mass is 35.5. The smallest absolute Gasteiger partial charge is 0.355 e. The Labute approximate surface area is 169 Å². The van der Waals surface area contributed by atoms with Crippen LogP contribution in [-0.2, 0) is 6.42 Å². The average molecular weight is 427 g/mol.